The zero-order chi connectivity index (χ0) is 21.0. The number of anilines is 1. The number of benzene rings is 2. The summed E-state index contributed by atoms with van der Waals surface area (Å²) in [6.07, 6.45) is 0. The summed E-state index contributed by atoms with van der Waals surface area (Å²) in [7, 11) is 0. The number of hydrogen-bond acceptors (Lipinski definition) is 5. The Hall–Kier alpha value is -4.12. The number of H-pyrrole nitrogens is 1. The van der Waals surface area contributed by atoms with Crippen LogP contribution in [0.15, 0.2) is 60.0 Å². The first-order chi connectivity index (χ1) is 14.5. The number of para-hydroxylation sites is 1. The van der Waals surface area contributed by atoms with Crippen molar-refractivity contribution < 1.29 is 13.9 Å². The Morgan fingerprint density at radius 1 is 1.27 bits per heavy atom. The molecular formula is C22H16FN5O2. The molecule has 1 spiro atoms. The summed E-state index contributed by atoms with van der Waals surface area (Å²) in [6, 6.07) is 15.2. The van der Waals surface area contributed by atoms with Crippen LogP contribution in [-0.4, -0.2) is 22.6 Å². The standard InChI is InChI=1S/C22H16FN5O2/c1-2-28-16-6-4-3-5-14(16)22(21(28)29)15(11-24)19(25)30-20-17(22)18(26-27-20)12-7-9-13(23)10-8-12/h3-10H,2,25H2,1H3,(H,26,27). The van der Waals surface area contributed by atoms with Crippen molar-refractivity contribution >= 4 is 11.6 Å². The molecule has 0 saturated heterocycles. The largest absolute Gasteiger partial charge is 0.420 e. The normalized spacial score (nSPS) is 19.5. The first-order valence-corrected chi connectivity index (χ1v) is 9.38. The molecule has 0 bridgehead atoms. The van der Waals surface area contributed by atoms with Gasteiger partial charge in [-0.25, -0.2) is 4.39 Å². The lowest BCUT2D eigenvalue weighted by Crippen LogP contribution is -2.45. The minimum Gasteiger partial charge on any atom is -0.420 e. The van der Waals surface area contributed by atoms with Gasteiger partial charge in [0.2, 0.25) is 17.7 Å². The highest BCUT2D eigenvalue weighted by Crippen LogP contribution is 2.56. The molecule has 0 saturated carbocycles. The van der Waals surface area contributed by atoms with Crippen molar-refractivity contribution in [2.24, 2.45) is 5.73 Å². The van der Waals surface area contributed by atoms with Gasteiger partial charge >= 0.3 is 0 Å². The first-order valence-electron chi connectivity index (χ1n) is 9.38. The lowest BCUT2D eigenvalue weighted by molar-refractivity contribution is -0.120. The van der Waals surface area contributed by atoms with Crippen molar-refractivity contribution in [3.63, 3.8) is 0 Å². The zero-order valence-corrected chi connectivity index (χ0v) is 15.9. The number of nitrogens with zero attached hydrogens (tertiary/aromatic N) is 3. The number of nitriles is 1. The van der Waals surface area contributed by atoms with Crippen LogP contribution < -0.4 is 15.4 Å². The molecule has 3 aromatic rings. The monoisotopic (exact) mass is 401 g/mol. The highest BCUT2D eigenvalue weighted by molar-refractivity contribution is 6.15. The van der Waals surface area contributed by atoms with Crippen LogP contribution in [0.2, 0.25) is 0 Å². The molecule has 1 amide bonds. The number of ether oxygens (including phenoxy) is 1. The summed E-state index contributed by atoms with van der Waals surface area (Å²) in [6.45, 7) is 2.28. The van der Waals surface area contributed by atoms with Crippen molar-refractivity contribution in [3.8, 4) is 23.2 Å². The number of nitrogens with one attached hydrogen (secondary N) is 1. The average Bonchev–Trinajstić information content (AvgIpc) is 3.27. The van der Waals surface area contributed by atoms with Gasteiger partial charge in [-0.2, -0.15) is 5.26 Å². The predicted molar refractivity (Wildman–Crippen MR) is 107 cm³/mol. The van der Waals surface area contributed by atoms with Crippen LogP contribution in [0.5, 0.6) is 5.88 Å². The Morgan fingerprint density at radius 3 is 2.70 bits per heavy atom. The van der Waals surface area contributed by atoms with Gasteiger partial charge in [-0.15, -0.1) is 5.10 Å². The molecule has 148 valence electrons. The van der Waals surface area contributed by atoms with Gasteiger partial charge in [-0.3, -0.25) is 9.89 Å². The molecule has 0 radical (unpaired) electrons. The average molecular weight is 401 g/mol. The zero-order valence-electron chi connectivity index (χ0n) is 15.9. The molecule has 1 atom stereocenters. The smallest absolute Gasteiger partial charge is 0.247 e. The molecule has 0 aliphatic carbocycles. The molecule has 8 heteroatoms. The molecular weight excluding hydrogens is 385 g/mol. The summed E-state index contributed by atoms with van der Waals surface area (Å²) in [4.78, 5) is 15.5. The van der Waals surface area contributed by atoms with Crippen molar-refractivity contribution in [1.82, 2.24) is 10.2 Å². The van der Waals surface area contributed by atoms with Crippen molar-refractivity contribution in [3.05, 3.63) is 76.9 Å². The van der Waals surface area contributed by atoms with Crippen molar-refractivity contribution in [1.29, 1.82) is 5.26 Å². The molecule has 1 aromatic heterocycles. The highest BCUT2D eigenvalue weighted by atomic mass is 19.1. The van der Waals surface area contributed by atoms with Crippen LogP contribution in [0.25, 0.3) is 11.3 Å². The fourth-order valence-corrected chi connectivity index (χ4v) is 4.43. The topological polar surface area (TPSA) is 108 Å². The maximum absolute atomic E-state index is 13.9. The van der Waals surface area contributed by atoms with E-state index in [9.17, 15) is 14.4 Å². The lowest BCUT2D eigenvalue weighted by atomic mass is 9.68. The third-order valence-electron chi connectivity index (χ3n) is 5.66. The van der Waals surface area contributed by atoms with E-state index in [1.165, 1.54) is 12.1 Å². The molecule has 3 N–H and O–H groups in total. The van der Waals surface area contributed by atoms with E-state index in [0.717, 1.165) is 0 Å². The highest BCUT2D eigenvalue weighted by Gasteiger charge is 2.60. The van der Waals surface area contributed by atoms with Gasteiger partial charge in [-0.05, 0) is 37.3 Å². The predicted octanol–water partition coefficient (Wildman–Crippen LogP) is 2.95. The number of hydrogen-bond donors (Lipinski definition) is 2. The molecule has 2 aliphatic rings. The number of likely N-dealkylation sites (N-methyl/N-ethyl adjacent to an activating group) is 1. The van der Waals surface area contributed by atoms with E-state index in [0.29, 0.717) is 34.6 Å². The first kappa shape index (κ1) is 17.9. The Labute approximate surface area is 171 Å². The lowest BCUT2D eigenvalue weighted by Gasteiger charge is -2.32. The molecule has 2 aliphatic heterocycles. The van der Waals surface area contributed by atoms with Crippen LogP contribution in [0.4, 0.5) is 10.1 Å². The van der Waals surface area contributed by atoms with Crippen molar-refractivity contribution in [2.75, 3.05) is 11.4 Å². The number of aromatic amines is 1. The summed E-state index contributed by atoms with van der Waals surface area (Å²) in [5, 5.41) is 17.1. The van der Waals surface area contributed by atoms with E-state index >= 15 is 0 Å². The van der Waals surface area contributed by atoms with E-state index in [1.54, 1.807) is 17.0 Å². The molecule has 1 unspecified atom stereocenters. The summed E-state index contributed by atoms with van der Waals surface area (Å²) in [5.41, 5.74) is 7.39. The van der Waals surface area contributed by atoms with Gasteiger partial charge in [0.05, 0.1) is 11.3 Å². The SMILES string of the molecule is CCN1C(=O)C2(C(C#N)=C(N)Oc3n[nH]c(-c4ccc(F)cc4)c32)c2ccccc21. The molecule has 30 heavy (non-hydrogen) atoms. The summed E-state index contributed by atoms with van der Waals surface area (Å²) < 4.78 is 19.1. The maximum atomic E-state index is 13.9. The molecule has 3 heterocycles. The second-order valence-electron chi connectivity index (χ2n) is 7.06. The van der Waals surface area contributed by atoms with E-state index in [1.807, 2.05) is 31.2 Å². The second-order valence-corrected chi connectivity index (χ2v) is 7.06. The Morgan fingerprint density at radius 2 is 2.00 bits per heavy atom. The van der Waals surface area contributed by atoms with Crippen LogP contribution in [0.1, 0.15) is 18.1 Å². The minimum absolute atomic E-state index is 0.00756. The van der Waals surface area contributed by atoms with E-state index in [2.05, 4.69) is 16.3 Å². The van der Waals surface area contributed by atoms with Gasteiger partial charge in [0.25, 0.3) is 0 Å². The van der Waals surface area contributed by atoms with E-state index in [4.69, 9.17) is 10.5 Å². The van der Waals surface area contributed by atoms with Crippen LogP contribution in [0.3, 0.4) is 0 Å². The van der Waals surface area contributed by atoms with Gasteiger partial charge in [0, 0.05) is 23.4 Å². The number of carbonyl (C=O) groups is 1. The maximum Gasteiger partial charge on any atom is 0.247 e. The van der Waals surface area contributed by atoms with E-state index < -0.39 is 5.41 Å². The van der Waals surface area contributed by atoms with Gasteiger partial charge in [0.1, 0.15) is 22.9 Å². The third-order valence-corrected chi connectivity index (χ3v) is 5.66. The number of rotatable bonds is 2. The van der Waals surface area contributed by atoms with Crippen molar-refractivity contribution in [2.45, 2.75) is 12.3 Å². The number of nitrogens with two attached hydrogens (primary N) is 1. The quantitative estimate of drug-likeness (QED) is 0.686. The molecule has 5 rings (SSSR count). The van der Waals surface area contributed by atoms with Crippen LogP contribution in [0, 0.1) is 17.1 Å². The molecule has 2 aromatic carbocycles. The number of halogens is 1. The number of aromatic nitrogens is 2. The second kappa shape index (κ2) is 6.19. The summed E-state index contributed by atoms with van der Waals surface area (Å²) >= 11 is 0. The number of fused-ring (bicyclic) bond motifs is 4. The Kier molecular flexibility index (Phi) is 3.70. The number of amides is 1. The van der Waals surface area contributed by atoms with Gasteiger partial charge in [0.15, 0.2) is 0 Å². The van der Waals surface area contributed by atoms with E-state index in [-0.39, 0.29) is 29.1 Å². The van der Waals surface area contributed by atoms with Crippen LogP contribution in [-0.2, 0) is 10.2 Å². The third kappa shape index (κ3) is 2.06. The molecule has 0 fully saturated rings. The molecule has 7 nitrogen and oxygen atoms in total. The minimum atomic E-state index is -1.50. The van der Waals surface area contributed by atoms with Gasteiger partial charge in [-0.1, -0.05) is 18.2 Å². The summed E-state index contributed by atoms with van der Waals surface area (Å²) in [5.74, 6) is -0.741. The Bertz CT molecular complexity index is 1270. The Balaban J connectivity index is 1.90. The fourth-order valence-electron chi connectivity index (χ4n) is 4.43. The number of carbonyl (C=O) groups excluding carboxylic acids is 1. The van der Waals surface area contributed by atoms with Crippen LogP contribution >= 0.6 is 0 Å². The fraction of sp³-hybridized carbons (Fsp3) is 0.136. The van der Waals surface area contributed by atoms with Gasteiger partial charge < -0.3 is 15.4 Å².